The van der Waals surface area contributed by atoms with Crippen molar-refractivity contribution in [3.63, 3.8) is 0 Å². The number of aromatic nitrogens is 3. The molecule has 3 aromatic rings. The zero-order valence-electron chi connectivity index (χ0n) is 17.8. The number of hydrogen-bond donors (Lipinski definition) is 2. The Kier molecular flexibility index (Phi) is 7.31. The van der Waals surface area contributed by atoms with Crippen LogP contribution in [-0.4, -0.2) is 69.6 Å². The molecule has 0 atom stereocenters. The number of aryl methyl sites for hydroxylation is 2. The lowest BCUT2D eigenvalue weighted by molar-refractivity contribution is -0.439. The van der Waals surface area contributed by atoms with E-state index < -0.39 is 5.91 Å². The Morgan fingerprint density at radius 1 is 1.28 bits per heavy atom. The summed E-state index contributed by atoms with van der Waals surface area (Å²) in [4.78, 5) is 21.3. The number of nitriles is 1. The quantitative estimate of drug-likeness (QED) is 0.180. The third-order valence-electron chi connectivity index (χ3n) is 5.08. The van der Waals surface area contributed by atoms with Crippen molar-refractivity contribution in [1.82, 2.24) is 14.5 Å². The smallest absolute Gasteiger partial charge is 0.396 e. The fourth-order valence-electron chi connectivity index (χ4n) is 3.50. The maximum absolute atomic E-state index is 12.7. The fourth-order valence-corrected chi connectivity index (χ4v) is 3.50. The van der Waals surface area contributed by atoms with Crippen LogP contribution >= 0.6 is 0 Å². The monoisotopic (exact) mass is 428 g/mol. The predicted octanol–water partition coefficient (Wildman–Crippen LogP) is 0.722. The van der Waals surface area contributed by atoms with Crippen molar-refractivity contribution in [2.45, 2.75) is 19.9 Å². The Hall–Kier alpha value is -3.61. The molecule has 2 aromatic heterocycles. The van der Waals surface area contributed by atoms with Gasteiger partial charge in [-0.05, 0) is 25.0 Å². The maximum Gasteiger partial charge on any atom is 0.429 e. The molecule has 0 spiro atoms. The molecule has 2 heterocycles. The Morgan fingerprint density at radius 2 is 2.00 bits per heavy atom. The number of aliphatic hydroxyl groups excluding tert-OH is 2. The van der Waals surface area contributed by atoms with E-state index in [2.05, 4.69) is 16.7 Å². The van der Waals surface area contributed by atoms with Gasteiger partial charge in [-0.2, -0.15) is 9.84 Å². The molecule has 2 N–H and O–H groups in total. The predicted molar refractivity (Wildman–Crippen MR) is 123 cm³/mol. The van der Waals surface area contributed by atoms with Crippen LogP contribution in [0.5, 0.6) is 0 Å². The van der Waals surface area contributed by atoms with E-state index in [9.17, 15) is 15.2 Å². The van der Waals surface area contributed by atoms with Crippen molar-refractivity contribution in [3.8, 4) is 17.2 Å². The van der Waals surface area contributed by atoms with E-state index in [1.165, 1.54) is 12.4 Å². The third-order valence-corrected chi connectivity index (χ3v) is 5.08. The van der Waals surface area contributed by atoms with Crippen LogP contribution < -0.4 is 5.59 Å². The molecule has 160 valence electrons. The van der Waals surface area contributed by atoms with Gasteiger partial charge in [0, 0.05) is 29.7 Å². The van der Waals surface area contributed by atoms with Gasteiger partial charge in [-0.1, -0.05) is 29.8 Å². The molecule has 0 saturated carbocycles. The first-order chi connectivity index (χ1) is 15.4. The second kappa shape index (κ2) is 10.1. The van der Waals surface area contributed by atoms with Crippen molar-refractivity contribution in [2.24, 2.45) is 0 Å². The summed E-state index contributed by atoms with van der Waals surface area (Å²) < 4.78 is 2.86. The number of nitrogens with zero attached hydrogens (tertiary/aromatic N) is 5. The van der Waals surface area contributed by atoms with Gasteiger partial charge in [0.05, 0.1) is 5.69 Å². The minimum atomic E-state index is -0.616. The third kappa shape index (κ3) is 4.52. The highest BCUT2D eigenvalue weighted by Gasteiger charge is 2.25. The molecule has 8 nitrogen and oxygen atoms in total. The topological polar surface area (TPSA) is 115 Å². The van der Waals surface area contributed by atoms with Gasteiger partial charge in [0.1, 0.15) is 39.2 Å². The minimum absolute atomic E-state index is 0.00536. The molecule has 0 saturated heterocycles. The van der Waals surface area contributed by atoms with Gasteiger partial charge in [0.15, 0.2) is 12.1 Å². The van der Waals surface area contributed by atoms with E-state index in [0.29, 0.717) is 35.3 Å². The second-order valence-electron chi connectivity index (χ2n) is 7.27. The van der Waals surface area contributed by atoms with E-state index >= 15 is 0 Å². The molecule has 0 bridgehead atoms. The van der Waals surface area contributed by atoms with Crippen LogP contribution in [0.4, 0.5) is 0 Å². The summed E-state index contributed by atoms with van der Waals surface area (Å²) in [6.07, 6.45) is 3.27. The molecule has 3 rings (SSSR count). The van der Waals surface area contributed by atoms with Gasteiger partial charge < -0.3 is 14.8 Å². The number of carbonyl (C=O) groups is 1. The molecule has 0 aliphatic carbocycles. The molecule has 32 heavy (non-hydrogen) atoms. The Labute approximate surface area is 187 Å². The van der Waals surface area contributed by atoms with Crippen molar-refractivity contribution in [2.75, 3.05) is 19.8 Å². The molecule has 1 amide bonds. The number of hydrogen-bond acceptors (Lipinski definition) is 6. The molecule has 0 aliphatic rings. The number of benzene rings is 1. The van der Waals surface area contributed by atoms with Gasteiger partial charge in [0.2, 0.25) is 0 Å². The Morgan fingerprint density at radius 3 is 2.62 bits per heavy atom. The first-order valence-electron chi connectivity index (χ1n) is 10.1. The summed E-state index contributed by atoms with van der Waals surface area (Å²) in [6, 6.07) is 9.70. The van der Waals surface area contributed by atoms with Crippen molar-refractivity contribution < 1.29 is 19.6 Å². The van der Waals surface area contributed by atoms with Crippen molar-refractivity contribution >= 4 is 43.2 Å². The first kappa shape index (κ1) is 23.1. The average Bonchev–Trinajstić information content (AvgIpc) is 3.10. The molecule has 2 radical (unpaired) electrons. The first-order valence-corrected chi connectivity index (χ1v) is 10.1. The van der Waals surface area contributed by atoms with E-state index in [1.54, 1.807) is 0 Å². The molecule has 9 heteroatoms. The lowest BCUT2D eigenvalue weighted by Gasteiger charge is -2.09. The molecular weight excluding hydrogens is 405 g/mol. The van der Waals surface area contributed by atoms with Gasteiger partial charge in [-0.15, -0.1) is 0 Å². The summed E-state index contributed by atoms with van der Waals surface area (Å²) in [7, 11) is 6.23. The average molecular weight is 428 g/mol. The van der Waals surface area contributed by atoms with Crippen LogP contribution in [-0.2, 0) is 11.3 Å². The summed E-state index contributed by atoms with van der Waals surface area (Å²) in [5.74, 6) is -0.616. The van der Waals surface area contributed by atoms with E-state index in [-0.39, 0.29) is 30.9 Å². The van der Waals surface area contributed by atoms with E-state index in [0.717, 1.165) is 15.7 Å². The Balaban J connectivity index is 2.36. The molecule has 0 fully saturated rings. The van der Waals surface area contributed by atoms with Gasteiger partial charge in [0.25, 0.3) is 0 Å². The maximum atomic E-state index is 12.7. The lowest BCUT2D eigenvalue weighted by Crippen LogP contribution is -2.23. The molecule has 1 aromatic carbocycles. The number of fused-ring (bicyclic) bond motifs is 1. The van der Waals surface area contributed by atoms with Crippen molar-refractivity contribution in [1.29, 1.82) is 5.26 Å². The second-order valence-corrected chi connectivity index (χ2v) is 7.27. The minimum Gasteiger partial charge on any atom is -0.396 e. The van der Waals surface area contributed by atoms with Crippen LogP contribution in [0.25, 0.3) is 28.2 Å². The van der Waals surface area contributed by atoms with Crippen LogP contribution in [0.3, 0.4) is 0 Å². The summed E-state index contributed by atoms with van der Waals surface area (Å²) in [6.45, 7) is 5.65. The van der Waals surface area contributed by atoms with Gasteiger partial charge in [-0.3, -0.25) is 4.98 Å². The summed E-state index contributed by atoms with van der Waals surface area (Å²) >= 11 is 0. The summed E-state index contributed by atoms with van der Waals surface area (Å²) in [5.41, 5.74) is 3.79. The zero-order valence-corrected chi connectivity index (χ0v) is 17.8. The SMILES string of the molecule is [B]c1ncnc2c1c(-c1ccc(C)cc1)c(C=C(C#N)C(=O)[N+](=C)CCO)n2CCCO. The van der Waals surface area contributed by atoms with E-state index in [1.807, 2.05) is 41.8 Å². The van der Waals surface area contributed by atoms with Crippen molar-refractivity contribution in [3.05, 3.63) is 47.4 Å². The Bertz CT molecular complexity index is 1240. The van der Waals surface area contributed by atoms with Gasteiger partial charge >= 0.3 is 5.91 Å². The summed E-state index contributed by atoms with van der Waals surface area (Å²) in [5, 5.41) is 28.9. The lowest BCUT2D eigenvalue weighted by atomic mass is 9.93. The largest absolute Gasteiger partial charge is 0.429 e. The normalized spacial score (nSPS) is 11.5. The highest BCUT2D eigenvalue weighted by atomic mass is 16.3. The van der Waals surface area contributed by atoms with Gasteiger partial charge in [-0.25, -0.2) is 9.78 Å². The molecule has 0 unspecified atom stereocenters. The zero-order chi connectivity index (χ0) is 23.3. The number of carbonyl (C=O) groups excluding carboxylic acids is 1. The highest BCUT2D eigenvalue weighted by Crippen LogP contribution is 2.35. The number of rotatable bonds is 8. The molecular formula is C23H23BN5O3+. The number of amides is 1. The molecule has 0 aliphatic heterocycles. The standard InChI is InChI=1S/C23H23BN5O3/c1-15-4-6-16(7-5-15)19-18(12-17(13-25)23(32)28(2)9-11-31)29(8-3-10-30)22-20(19)21(24)26-14-27-22/h4-7,12,14,30-31H,2-3,8-11H2,1H3/q+1. The van der Waals surface area contributed by atoms with Crippen LogP contribution in [0.15, 0.2) is 36.2 Å². The van der Waals surface area contributed by atoms with Crippen LogP contribution in [0.1, 0.15) is 17.7 Å². The highest BCUT2D eigenvalue weighted by molar-refractivity contribution is 6.38. The van der Waals surface area contributed by atoms with E-state index in [4.69, 9.17) is 13.0 Å². The van der Waals surface area contributed by atoms with Crippen LogP contribution in [0.2, 0.25) is 0 Å². The van der Waals surface area contributed by atoms with Crippen LogP contribution in [0, 0.1) is 18.3 Å². The fraction of sp³-hybridized carbons (Fsp3) is 0.261. The number of aliphatic hydroxyl groups is 2.